The summed E-state index contributed by atoms with van der Waals surface area (Å²) in [5, 5.41) is 10.6. The SMILES string of the molecule is CCC.CNCCOC(C)(C)CCOC(C)(C)CCC(=O)NCC(=O)NC(CCCNC(N)=O)C(C)=O. The number of urea groups is 1. The van der Waals surface area contributed by atoms with Gasteiger partial charge in [0.05, 0.1) is 37.0 Å². The predicted molar refractivity (Wildman–Crippen MR) is 146 cm³/mol. The minimum absolute atomic E-state index is 0.201. The smallest absolute Gasteiger partial charge is 0.312 e. The monoisotopic (exact) mass is 531 g/mol. The molecule has 218 valence electrons. The number of nitrogens with one attached hydrogen (secondary N) is 4. The van der Waals surface area contributed by atoms with Crippen molar-refractivity contribution in [3.05, 3.63) is 0 Å². The van der Waals surface area contributed by atoms with Gasteiger partial charge in [0.1, 0.15) is 0 Å². The Morgan fingerprint density at radius 2 is 1.43 bits per heavy atom. The summed E-state index contributed by atoms with van der Waals surface area (Å²) in [4.78, 5) is 46.7. The molecule has 0 heterocycles. The summed E-state index contributed by atoms with van der Waals surface area (Å²) in [7, 11) is 1.88. The first-order valence-corrected chi connectivity index (χ1v) is 13.2. The second-order valence-electron chi connectivity index (χ2n) is 10.2. The molecule has 0 radical (unpaired) electrons. The van der Waals surface area contributed by atoms with Gasteiger partial charge in [0.15, 0.2) is 5.78 Å². The Kier molecular flexibility index (Phi) is 20.7. The van der Waals surface area contributed by atoms with Crippen LogP contribution in [0.5, 0.6) is 0 Å². The van der Waals surface area contributed by atoms with Gasteiger partial charge in [-0.05, 0) is 67.3 Å². The molecule has 37 heavy (non-hydrogen) atoms. The van der Waals surface area contributed by atoms with Gasteiger partial charge in [-0.2, -0.15) is 0 Å². The Bertz CT molecular complexity index is 670. The molecule has 0 aromatic heterocycles. The number of likely N-dealkylation sites (N-methyl/N-ethyl adjacent to an activating group) is 1. The molecule has 11 nitrogen and oxygen atoms in total. The number of carbonyl (C=O) groups excluding carboxylic acids is 4. The van der Waals surface area contributed by atoms with E-state index in [0.717, 1.165) is 13.0 Å². The molecule has 0 spiro atoms. The summed E-state index contributed by atoms with van der Waals surface area (Å²) >= 11 is 0. The molecule has 0 aliphatic heterocycles. The van der Waals surface area contributed by atoms with Gasteiger partial charge in [-0.3, -0.25) is 14.4 Å². The lowest BCUT2D eigenvalue weighted by atomic mass is 10.0. The predicted octanol–water partition coefficient (Wildman–Crippen LogP) is 2.02. The fourth-order valence-electron chi connectivity index (χ4n) is 2.97. The Labute approximate surface area is 223 Å². The van der Waals surface area contributed by atoms with E-state index in [0.29, 0.717) is 39.0 Å². The average molecular weight is 532 g/mol. The van der Waals surface area contributed by atoms with Crippen molar-refractivity contribution in [2.75, 3.05) is 39.9 Å². The van der Waals surface area contributed by atoms with Gasteiger partial charge < -0.3 is 36.5 Å². The number of carbonyl (C=O) groups is 4. The van der Waals surface area contributed by atoms with Crippen LogP contribution in [0.15, 0.2) is 0 Å². The lowest BCUT2D eigenvalue weighted by Gasteiger charge is -2.29. The average Bonchev–Trinajstić information content (AvgIpc) is 2.78. The molecule has 4 amide bonds. The first-order chi connectivity index (χ1) is 17.2. The zero-order valence-electron chi connectivity index (χ0n) is 24.4. The number of ether oxygens (including phenoxy) is 2. The summed E-state index contributed by atoms with van der Waals surface area (Å²) in [6.45, 7) is 15.5. The Morgan fingerprint density at radius 3 is 1.97 bits per heavy atom. The Hall–Kier alpha value is -2.24. The van der Waals surface area contributed by atoms with Crippen molar-refractivity contribution in [3.63, 3.8) is 0 Å². The van der Waals surface area contributed by atoms with E-state index in [1.165, 1.54) is 13.3 Å². The first-order valence-electron chi connectivity index (χ1n) is 13.2. The van der Waals surface area contributed by atoms with Crippen LogP contribution in [0.25, 0.3) is 0 Å². The summed E-state index contributed by atoms with van der Waals surface area (Å²) in [5.41, 5.74) is 4.19. The molecule has 11 heteroatoms. The maximum Gasteiger partial charge on any atom is 0.312 e. The maximum absolute atomic E-state index is 12.2. The summed E-state index contributed by atoms with van der Waals surface area (Å²) in [6, 6.07) is -1.32. The number of ketones is 1. The van der Waals surface area contributed by atoms with Crippen LogP contribution in [0.1, 0.15) is 87.0 Å². The normalized spacial score (nSPS) is 12.1. The lowest BCUT2D eigenvalue weighted by molar-refractivity contribution is -0.129. The van der Waals surface area contributed by atoms with Crippen molar-refractivity contribution in [2.24, 2.45) is 5.73 Å². The summed E-state index contributed by atoms with van der Waals surface area (Å²) in [5.74, 6) is -0.923. The number of nitrogens with two attached hydrogens (primary N) is 1. The van der Waals surface area contributed by atoms with Crippen LogP contribution >= 0.6 is 0 Å². The number of Topliss-reactive ketones (excluding diaryl/α,β-unsaturated/α-hetero) is 1. The standard InChI is InChI=1S/C23H45N5O6.C3H8/c1-17(29)18(8-7-12-26-21(24)32)28-20(31)16-27-19(30)9-10-22(2,3)33-14-11-23(4,5)34-15-13-25-6;1-3-2/h18,25H,7-16H2,1-6H3,(H,27,30)(H,28,31)(H3,24,26,32);3H2,1-2H3. The van der Waals surface area contributed by atoms with Crippen molar-refractivity contribution < 1.29 is 28.7 Å². The van der Waals surface area contributed by atoms with Crippen LogP contribution in [-0.4, -0.2) is 80.8 Å². The molecule has 0 fully saturated rings. The number of rotatable bonds is 19. The minimum atomic E-state index is -0.683. The molecule has 0 bridgehead atoms. The highest BCUT2D eigenvalue weighted by molar-refractivity contribution is 5.90. The van der Waals surface area contributed by atoms with Crippen LogP contribution in [0.4, 0.5) is 4.79 Å². The van der Waals surface area contributed by atoms with E-state index in [2.05, 4.69) is 35.1 Å². The van der Waals surface area contributed by atoms with E-state index in [9.17, 15) is 19.2 Å². The topological polar surface area (TPSA) is 161 Å². The van der Waals surface area contributed by atoms with E-state index < -0.39 is 23.6 Å². The Morgan fingerprint density at radius 1 is 0.865 bits per heavy atom. The first kappa shape index (κ1) is 36.9. The summed E-state index contributed by atoms with van der Waals surface area (Å²) in [6.07, 6.45) is 3.51. The number of amides is 4. The van der Waals surface area contributed by atoms with E-state index >= 15 is 0 Å². The number of hydrogen-bond acceptors (Lipinski definition) is 7. The van der Waals surface area contributed by atoms with Gasteiger partial charge in [0.25, 0.3) is 0 Å². The molecule has 0 aromatic rings. The van der Waals surface area contributed by atoms with Gasteiger partial charge >= 0.3 is 6.03 Å². The lowest BCUT2D eigenvalue weighted by Crippen LogP contribution is -2.45. The largest absolute Gasteiger partial charge is 0.375 e. The highest BCUT2D eigenvalue weighted by atomic mass is 16.5. The molecule has 1 atom stereocenters. The van der Waals surface area contributed by atoms with Crippen molar-refractivity contribution in [3.8, 4) is 0 Å². The highest BCUT2D eigenvalue weighted by Crippen LogP contribution is 2.20. The maximum atomic E-state index is 12.2. The quantitative estimate of drug-likeness (QED) is 0.159. The van der Waals surface area contributed by atoms with Crippen LogP contribution in [0, 0.1) is 0 Å². The van der Waals surface area contributed by atoms with Crippen molar-refractivity contribution in [1.82, 2.24) is 21.3 Å². The molecule has 0 saturated carbocycles. The van der Waals surface area contributed by atoms with Crippen LogP contribution in [0.2, 0.25) is 0 Å². The third-order valence-corrected chi connectivity index (χ3v) is 5.24. The zero-order chi connectivity index (χ0) is 28.9. The molecule has 0 aliphatic carbocycles. The van der Waals surface area contributed by atoms with Crippen LogP contribution < -0.4 is 27.0 Å². The molecule has 0 saturated heterocycles. The van der Waals surface area contributed by atoms with E-state index in [1.807, 2.05) is 34.7 Å². The van der Waals surface area contributed by atoms with E-state index in [1.54, 1.807) is 0 Å². The third kappa shape index (κ3) is 23.9. The van der Waals surface area contributed by atoms with Crippen molar-refractivity contribution >= 4 is 23.6 Å². The molecule has 0 aromatic carbocycles. The number of hydrogen-bond donors (Lipinski definition) is 5. The summed E-state index contributed by atoms with van der Waals surface area (Å²) < 4.78 is 11.8. The fourth-order valence-corrected chi connectivity index (χ4v) is 2.97. The van der Waals surface area contributed by atoms with Gasteiger partial charge in [-0.25, -0.2) is 4.79 Å². The fraction of sp³-hybridized carbons (Fsp3) is 0.846. The minimum Gasteiger partial charge on any atom is -0.375 e. The van der Waals surface area contributed by atoms with Gasteiger partial charge in [-0.1, -0.05) is 20.3 Å². The number of primary amides is 1. The zero-order valence-corrected chi connectivity index (χ0v) is 24.4. The van der Waals surface area contributed by atoms with Gasteiger partial charge in [0.2, 0.25) is 11.8 Å². The van der Waals surface area contributed by atoms with Crippen LogP contribution in [-0.2, 0) is 23.9 Å². The molecule has 1 unspecified atom stereocenters. The molecular weight excluding hydrogens is 478 g/mol. The van der Waals surface area contributed by atoms with E-state index in [4.69, 9.17) is 15.2 Å². The molecule has 6 N–H and O–H groups in total. The molecular formula is C26H53N5O6. The third-order valence-electron chi connectivity index (χ3n) is 5.24. The highest BCUT2D eigenvalue weighted by Gasteiger charge is 2.24. The van der Waals surface area contributed by atoms with Gasteiger partial charge in [-0.15, -0.1) is 0 Å². The van der Waals surface area contributed by atoms with Crippen LogP contribution in [0.3, 0.4) is 0 Å². The van der Waals surface area contributed by atoms with Crippen molar-refractivity contribution in [1.29, 1.82) is 0 Å². The van der Waals surface area contributed by atoms with E-state index in [-0.39, 0.29) is 30.3 Å². The second kappa shape index (κ2) is 20.8. The Balaban J connectivity index is 0. The second-order valence-corrected chi connectivity index (χ2v) is 10.2. The molecule has 0 aliphatic rings. The van der Waals surface area contributed by atoms with Gasteiger partial charge in [0, 0.05) is 19.5 Å². The van der Waals surface area contributed by atoms with Crippen molar-refractivity contribution in [2.45, 2.75) is 104 Å². The molecule has 0 rings (SSSR count).